The number of aryl methyl sites for hydroxylation is 1. The van der Waals surface area contributed by atoms with Gasteiger partial charge >= 0.3 is 6.03 Å². The Morgan fingerprint density at radius 2 is 1.93 bits per heavy atom. The second-order valence-electron chi connectivity index (χ2n) is 6.62. The quantitative estimate of drug-likeness (QED) is 0.685. The van der Waals surface area contributed by atoms with Crippen molar-refractivity contribution in [3.8, 4) is 10.6 Å². The summed E-state index contributed by atoms with van der Waals surface area (Å²) in [5.41, 5.74) is 2.61. The fourth-order valence-corrected chi connectivity index (χ4v) is 3.97. The number of anilines is 2. The predicted molar refractivity (Wildman–Crippen MR) is 114 cm³/mol. The van der Waals surface area contributed by atoms with E-state index in [9.17, 15) is 4.79 Å². The lowest BCUT2D eigenvalue weighted by Gasteiger charge is -2.35. The number of carbonyl (C=O) groups is 1. The Balaban J connectivity index is 1.35. The molecule has 1 N–H and O–H groups in total. The molecule has 2 amide bonds. The molecule has 6 nitrogen and oxygen atoms in total. The van der Waals surface area contributed by atoms with Gasteiger partial charge in [0.25, 0.3) is 0 Å². The summed E-state index contributed by atoms with van der Waals surface area (Å²) in [7, 11) is 0. The summed E-state index contributed by atoms with van der Waals surface area (Å²) >= 11 is 7.68. The minimum absolute atomic E-state index is 0.107. The first-order chi connectivity index (χ1) is 13.6. The highest BCUT2D eigenvalue weighted by Gasteiger charge is 2.22. The number of benzene rings is 1. The molecule has 0 saturated carbocycles. The normalized spacial score (nSPS) is 14.2. The van der Waals surface area contributed by atoms with E-state index in [4.69, 9.17) is 11.6 Å². The van der Waals surface area contributed by atoms with Crippen LogP contribution in [0.25, 0.3) is 10.6 Å². The van der Waals surface area contributed by atoms with Gasteiger partial charge in [-0.2, -0.15) is 0 Å². The van der Waals surface area contributed by atoms with Gasteiger partial charge in [0.15, 0.2) is 5.82 Å². The highest BCUT2D eigenvalue weighted by atomic mass is 35.5. The predicted octanol–water partition coefficient (Wildman–Crippen LogP) is 4.52. The molecule has 2 aromatic heterocycles. The van der Waals surface area contributed by atoms with Crippen LogP contribution in [0.4, 0.5) is 16.3 Å². The summed E-state index contributed by atoms with van der Waals surface area (Å²) in [6, 6.07) is 13.4. The van der Waals surface area contributed by atoms with Gasteiger partial charge < -0.3 is 15.1 Å². The molecule has 1 fully saturated rings. The summed E-state index contributed by atoms with van der Waals surface area (Å²) in [4.78, 5) is 17.6. The van der Waals surface area contributed by atoms with Crippen LogP contribution in [0, 0.1) is 6.92 Å². The smallest absolute Gasteiger partial charge is 0.321 e. The third-order valence-corrected chi connectivity index (χ3v) is 5.88. The molecule has 0 spiro atoms. The second-order valence-corrected chi connectivity index (χ2v) is 8.00. The second kappa shape index (κ2) is 8.16. The maximum absolute atomic E-state index is 12.6. The van der Waals surface area contributed by atoms with E-state index in [1.54, 1.807) is 17.4 Å². The van der Waals surface area contributed by atoms with Crippen molar-refractivity contribution in [1.82, 2.24) is 15.1 Å². The summed E-state index contributed by atoms with van der Waals surface area (Å²) < 4.78 is 0. The van der Waals surface area contributed by atoms with Crippen molar-refractivity contribution in [2.45, 2.75) is 6.92 Å². The third-order valence-electron chi connectivity index (χ3n) is 4.76. The van der Waals surface area contributed by atoms with Crippen molar-refractivity contribution >= 4 is 40.5 Å². The molecule has 28 heavy (non-hydrogen) atoms. The molecular weight excluding hydrogens is 394 g/mol. The number of urea groups is 1. The standard InChI is InChI=1S/C20H20ClN5OS/c1-14-4-5-15(21)13-17(14)22-20(27)26-10-8-25(9-11-26)19-7-6-16(23-24-19)18-3-2-12-28-18/h2-7,12-13H,8-11H2,1H3,(H,22,27). The number of thiophene rings is 1. The lowest BCUT2D eigenvalue weighted by atomic mass is 10.2. The minimum Gasteiger partial charge on any atom is -0.352 e. The largest absolute Gasteiger partial charge is 0.352 e. The van der Waals surface area contributed by atoms with Gasteiger partial charge in [0.1, 0.15) is 5.69 Å². The number of rotatable bonds is 3. The molecule has 4 rings (SSSR count). The van der Waals surface area contributed by atoms with Crippen LogP contribution >= 0.6 is 22.9 Å². The van der Waals surface area contributed by atoms with Crippen LogP contribution in [0.15, 0.2) is 47.8 Å². The van der Waals surface area contributed by atoms with E-state index in [-0.39, 0.29) is 6.03 Å². The summed E-state index contributed by atoms with van der Waals surface area (Å²) in [5, 5.41) is 14.3. The van der Waals surface area contributed by atoms with Crippen molar-refractivity contribution < 1.29 is 4.79 Å². The van der Waals surface area contributed by atoms with Gasteiger partial charge in [0.05, 0.1) is 4.88 Å². The van der Waals surface area contributed by atoms with E-state index in [1.807, 2.05) is 53.6 Å². The Kier molecular flexibility index (Phi) is 5.45. The van der Waals surface area contributed by atoms with Crippen molar-refractivity contribution in [3.63, 3.8) is 0 Å². The number of nitrogens with one attached hydrogen (secondary N) is 1. The Labute approximate surface area is 172 Å². The maximum atomic E-state index is 12.6. The molecule has 0 aliphatic carbocycles. The first-order valence-electron chi connectivity index (χ1n) is 9.05. The maximum Gasteiger partial charge on any atom is 0.321 e. The molecule has 1 aliphatic heterocycles. The monoisotopic (exact) mass is 413 g/mol. The topological polar surface area (TPSA) is 61.4 Å². The SMILES string of the molecule is Cc1ccc(Cl)cc1NC(=O)N1CCN(c2ccc(-c3cccs3)nn2)CC1. The van der Waals surface area contributed by atoms with Gasteiger partial charge in [-0.15, -0.1) is 21.5 Å². The number of carbonyl (C=O) groups excluding carboxylic acids is 1. The number of hydrogen-bond acceptors (Lipinski definition) is 5. The molecule has 144 valence electrons. The molecule has 0 radical (unpaired) electrons. The summed E-state index contributed by atoms with van der Waals surface area (Å²) in [5.74, 6) is 0.839. The molecule has 0 bridgehead atoms. The van der Waals surface area contributed by atoms with Gasteiger partial charge in [0.2, 0.25) is 0 Å². The zero-order valence-electron chi connectivity index (χ0n) is 15.4. The first-order valence-corrected chi connectivity index (χ1v) is 10.3. The fourth-order valence-electron chi connectivity index (χ4n) is 3.11. The van der Waals surface area contributed by atoms with Crippen LogP contribution < -0.4 is 10.2 Å². The van der Waals surface area contributed by atoms with Crippen molar-refractivity contribution in [2.75, 3.05) is 36.4 Å². The lowest BCUT2D eigenvalue weighted by Crippen LogP contribution is -2.50. The van der Waals surface area contributed by atoms with Gasteiger partial charge in [-0.25, -0.2) is 4.79 Å². The number of hydrogen-bond donors (Lipinski definition) is 1. The molecular formula is C20H20ClN5OS. The van der Waals surface area contributed by atoms with Crippen molar-refractivity contribution in [3.05, 3.63) is 58.4 Å². The first kappa shape index (κ1) is 18.7. The van der Waals surface area contributed by atoms with Crippen LogP contribution in [0.3, 0.4) is 0 Å². The van der Waals surface area contributed by atoms with E-state index in [0.717, 1.165) is 40.7 Å². The number of halogens is 1. The molecule has 8 heteroatoms. The Hall–Kier alpha value is -2.64. The highest BCUT2D eigenvalue weighted by molar-refractivity contribution is 7.13. The Morgan fingerprint density at radius 3 is 2.61 bits per heavy atom. The van der Waals surface area contributed by atoms with Gasteiger partial charge in [-0.05, 0) is 48.2 Å². The average Bonchev–Trinajstić information content (AvgIpc) is 3.26. The molecule has 3 heterocycles. The van der Waals surface area contributed by atoms with E-state index in [1.165, 1.54) is 0 Å². The highest BCUT2D eigenvalue weighted by Crippen LogP contribution is 2.24. The van der Waals surface area contributed by atoms with Crippen LogP contribution in [0.5, 0.6) is 0 Å². The zero-order chi connectivity index (χ0) is 19.5. The van der Waals surface area contributed by atoms with Crippen molar-refractivity contribution in [1.29, 1.82) is 0 Å². The van der Waals surface area contributed by atoms with Gasteiger partial charge in [-0.3, -0.25) is 0 Å². The summed E-state index contributed by atoms with van der Waals surface area (Å²) in [6.45, 7) is 4.63. The van der Waals surface area contributed by atoms with Crippen molar-refractivity contribution in [2.24, 2.45) is 0 Å². The third kappa shape index (κ3) is 4.10. The van der Waals surface area contributed by atoms with Crippen LogP contribution in [-0.4, -0.2) is 47.3 Å². The average molecular weight is 414 g/mol. The van der Waals surface area contributed by atoms with E-state index >= 15 is 0 Å². The number of aromatic nitrogens is 2. The Bertz CT molecular complexity index is 953. The lowest BCUT2D eigenvalue weighted by molar-refractivity contribution is 0.208. The Morgan fingerprint density at radius 1 is 1.11 bits per heavy atom. The molecule has 0 atom stereocenters. The minimum atomic E-state index is -0.107. The fraction of sp³-hybridized carbons (Fsp3) is 0.250. The van der Waals surface area contributed by atoms with E-state index in [0.29, 0.717) is 18.1 Å². The van der Waals surface area contributed by atoms with Crippen LogP contribution in [0.2, 0.25) is 5.02 Å². The van der Waals surface area contributed by atoms with E-state index in [2.05, 4.69) is 20.4 Å². The molecule has 3 aromatic rings. The number of piperazine rings is 1. The number of amides is 2. The molecule has 1 saturated heterocycles. The van der Waals surface area contributed by atoms with Crippen LogP contribution in [0.1, 0.15) is 5.56 Å². The molecule has 1 aliphatic rings. The number of nitrogens with zero attached hydrogens (tertiary/aromatic N) is 4. The summed E-state index contributed by atoms with van der Waals surface area (Å²) in [6.07, 6.45) is 0. The van der Waals surface area contributed by atoms with Gasteiger partial charge in [-0.1, -0.05) is 23.7 Å². The zero-order valence-corrected chi connectivity index (χ0v) is 17.0. The molecule has 1 aromatic carbocycles. The van der Waals surface area contributed by atoms with E-state index < -0.39 is 0 Å². The van der Waals surface area contributed by atoms with Crippen LogP contribution in [-0.2, 0) is 0 Å². The van der Waals surface area contributed by atoms with Gasteiger partial charge in [0, 0.05) is 36.9 Å². The molecule has 0 unspecified atom stereocenters.